The molecule has 0 aliphatic carbocycles. The number of carbonyl (C=O) groups is 1. The molecule has 2 heterocycles. The molecule has 0 saturated carbocycles. The van der Waals surface area contributed by atoms with Crippen LogP contribution in [0.15, 0.2) is 0 Å². The zero-order chi connectivity index (χ0) is 11.8. The number of rotatable bonds is 2. The van der Waals surface area contributed by atoms with Gasteiger partial charge in [0.1, 0.15) is 0 Å². The standard InChI is InChI=1S/C10H17NO4S/c1-2-15-9(12)10-3-4-16(13,14)6-8(10)5-11-7-10/h8,11H,2-7H2,1H3/t8-,10+/m0/s1. The van der Waals surface area contributed by atoms with Crippen LogP contribution in [0.2, 0.25) is 0 Å². The second-order valence-electron chi connectivity index (χ2n) is 4.57. The maximum atomic E-state index is 12.0. The first-order valence-corrected chi connectivity index (χ1v) is 7.41. The van der Waals surface area contributed by atoms with E-state index in [4.69, 9.17) is 4.74 Å². The fourth-order valence-electron chi connectivity index (χ4n) is 2.66. The molecule has 0 amide bonds. The van der Waals surface area contributed by atoms with Gasteiger partial charge >= 0.3 is 5.97 Å². The molecule has 1 N–H and O–H groups in total. The predicted octanol–water partition coefficient (Wildman–Crippen LogP) is -0.426. The topological polar surface area (TPSA) is 72.5 Å². The van der Waals surface area contributed by atoms with Crippen LogP contribution in [0.3, 0.4) is 0 Å². The van der Waals surface area contributed by atoms with Crippen molar-refractivity contribution in [1.29, 1.82) is 0 Å². The van der Waals surface area contributed by atoms with Crippen molar-refractivity contribution < 1.29 is 17.9 Å². The van der Waals surface area contributed by atoms with Gasteiger partial charge < -0.3 is 10.1 Å². The monoisotopic (exact) mass is 247 g/mol. The largest absolute Gasteiger partial charge is 0.466 e. The normalized spacial score (nSPS) is 36.7. The molecule has 0 bridgehead atoms. The van der Waals surface area contributed by atoms with Crippen LogP contribution in [0, 0.1) is 11.3 Å². The van der Waals surface area contributed by atoms with Crippen molar-refractivity contribution in [2.45, 2.75) is 13.3 Å². The number of fused-ring (bicyclic) bond motifs is 1. The van der Waals surface area contributed by atoms with Gasteiger partial charge in [-0.1, -0.05) is 0 Å². The molecule has 92 valence electrons. The van der Waals surface area contributed by atoms with Crippen molar-refractivity contribution in [3.8, 4) is 0 Å². The van der Waals surface area contributed by atoms with Gasteiger partial charge in [-0.2, -0.15) is 0 Å². The Morgan fingerprint density at radius 3 is 3.00 bits per heavy atom. The SMILES string of the molecule is CCOC(=O)[C@@]12CCS(=O)(=O)C[C@@H]1CNC2. The van der Waals surface area contributed by atoms with Crippen molar-refractivity contribution >= 4 is 15.8 Å². The smallest absolute Gasteiger partial charge is 0.313 e. The van der Waals surface area contributed by atoms with E-state index in [-0.39, 0.29) is 23.4 Å². The molecule has 0 unspecified atom stereocenters. The second-order valence-corrected chi connectivity index (χ2v) is 6.80. The van der Waals surface area contributed by atoms with Gasteiger partial charge in [-0.15, -0.1) is 0 Å². The minimum Gasteiger partial charge on any atom is -0.466 e. The quantitative estimate of drug-likeness (QED) is 0.671. The van der Waals surface area contributed by atoms with E-state index in [2.05, 4.69) is 5.32 Å². The van der Waals surface area contributed by atoms with Crippen LogP contribution < -0.4 is 5.32 Å². The highest BCUT2D eigenvalue weighted by atomic mass is 32.2. The molecule has 2 fully saturated rings. The Morgan fingerprint density at radius 2 is 2.31 bits per heavy atom. The summed E-state index contributed by atoms with van der Waals surface area (Å²) in [6.07, 6.45) is 0.395. The minimum absolute atomic E-state index is 0.101. The maximum absolute atomic E-state index is 12.0. The molecule has 0 aromatic carbocycles. The lowest BCUT2D eigenvalue weighted by Gasteiger charge is -2.35. The van der Waals surface area contributed by atoms with Crippen molar-refractivity contribution in [3.63, 3.8) is 0 Å². The van der Waals surface area contributed by atoms with E-state index in [1.54, 1.807) is 6.92 Å². The third kappa shape index (κ3) is 1.84. The van der Waals surface area contributed by atoms with Gasteiger partial charge in [-0.3, -0.25) is 4.79 Å². The summed E-state index contributed by atoms with van der Waals surface area (Å²) in [5.74, 6) is -0.145. The Hall–Kier alpha value is -0.620. The highest BCUT2D eigenvalue weighted by molar-refractivity contribution is 7.91. The van der Waals surface area contributed by atoms with Gasteiger partial charge in [0.25, 0.3) is 0 Å². The number of carbonyl (C=O) groups excluding carboxylic acids is 1. The van der Waals surface area contributed by atoms with Crippen LogP contribution in [0.1, 0.15) is 13.3 Å². The number of esters is 1. The zero-order valence-electron chi connectivity index (χ0n) is 9.36. The highest BCUT2D eigenvalue weighted by Gasteiger charge is 2.54. The fourth-order valence-corrected chi connectivity index (χ4v) is 4.56. The first kappa shape index (κ1) is 11.9. The number of hydrogen-bond acceptors (Lipinski definition) is 5. The summed E-state index contributed by atoms with van der Waals surface area (Å²) in [5.41, 5.74) is -0.596. The van der Waals surface area contributed by atoms with Gasteiger partial charge in [-0.05, 0) is 13.3 Å². The van der Waals surface area contributed by atoms with E-state index in [1.165, 1.54) is 0 Å². The molecule has 0 aromatic rings. The van der Waals surface area contributed by atoms with Crippen molar-refractivity contribution in [2.75, 3.05) is 31.2 Å². The predicted molar refractivity (Wildman–Crippen MR) is 58.7 cm³/mol. The maximum Gasteiger partial charge on any atom is 0.313 e. The zero-order valence-corrected chi connectivity index (χ0v) is 10.2. The first-order valence-electron chi connectivity index (χ1n) is 5.58. The van der Waals surface area contributed by atoms with E-state index in [9.17, 15) is 13.2 Å². The van der Waals surface area contributed by atoms with Crippen LogP contribution >= 0.6 is 0 Å². The Morgan fingerprint density at radius 1 is 1.56 bits per heavy atom. The molecule has 2 aliphatic rings. The third-order valence-corrected chi connectivity index (χ3v) is 5.35. The van der Waals surface area contributed by atoms with Crippen LogP contribution in [0.4, 0.5) is 0 Å². The van der Waals surface area contributed by atoms with E-state index in [1.807, 2.05) is 0 Å². The van der Waals surface area contributed by atoms with E-state index in [0.717, 1.165) is 0 Å². The van der Waals surface area contributed by atoms with E-state index >= 15 is 0 Å². The lowest BCUT2D eigenvalue weighted by molar-refractivity contribution is -0.156. The summed E-state index contributed by atoms with van der Waals surface area (Å²) in [7, 11) is -2.97. The average molecular weight is 247 g/mol. The van der Waals surface area contributed by atoms with E-state index in [0.29, 0.717) is 26.1 Å². The van der Waals surface area contributed by atoms with Gasteiger partial charge in [0.15, 0.2) is 9.84 Å². The molecule has 2 atom stereocenters. The summed E-state index contributed by atoms with van der Waals surface area (Å²) >= 11 is 0. The molecule has 0 radical (unpaired) electrons. The number of ether oxygens (including phenoxy) is 1. The van der Waals surface area contributed by atoms with Crippen LogP contribution in [0.25, 0.3) is 0 Å². The summed E-state index contributed by atoms with van der Waals surface area (Å²) in [6, 6.07) is 0. The average Bonchev–Trinajstić information content (AvgIpc) is 2.60. The Bertz CT molecular complexity index is 392. The second kappa shape index (κ2) is 4.00. The third-order valence-electron chi connectivity index (χ3n) is 3.61. The van der Waals surface area contributed by atoms with Crippen molar-refractivity contribution in [1.82, 2.24) is 5.32 Å². The molecule has 2 aliphatic heterocycles. The lowest BCUT2D eigenvalue weighted by atomic mass is 9.76. The number of sulfone groups is 1. The number of nitrogens with one attached hydrogen (secondary N) is 1. The molecule has 5 nitrogen and oxygen atoms in total. The summed E-state index contributed by atoms with van der Waals surface area (Å²) in [4.78, 5) is 12.0. The molecule has 6 heteroatoms. The van der Waals surface area contributed by atoms with Crippen molar-refractivity contribution in [2.24, 2.45) is 11.3 Å². The molecule has 16 heavy (non-hydrogen) atoms. The summed E-state index contributed by atoms with van der Waals surface area (Å²) in [5, 5.41) is 3.12. The minimum atomic E-state index is -2.97. The number of hydrogen-bond donors (Lipinski definition) is 1. The molecular formula is C10H17NO4S. The van der Waals surface area contributed by atoms with Crippen LogP contribution in [-0.4, -0.2) is 45.6 Å². The molecular weight excluding hydrogens is 230 g/mol. The van der Waals surface area contributed by atoms with Gasteiger partial charge in [0.2, 0.25) is 0 Å². The molecule has 2 saturated heterocycles. The lowest BCUT2D eigenvalue weighted by Crippen LogP contribution is -2.47. The summed E-state index contributed by atoms with van der Waals surface area (Å²) < 4.78 is 28.2. The van der Waals surface area contributed by atoms with Crippen molar-refractivity contribution in [3.05, 3.63) is 0 Å². The molecule has 0 spiro atoms. The van der Waals surface area contributed by atoms with Crippen LogP contribution in [0.5, 0.6) is 0 Å². The Kier molecular flexibility index (Phi) is 2.96. The highest BCUT2D eigenvalue weighted by Crippen LogP contribution is 2.41. The first-order chi connectivity index (χ1) is 7.50. The van der Waals surface area contributed by atoms with Gasteiger partial charge in [0.05, 0.1) is 23.5 Å². The van der Waals surface area contributed by atoms with Gasteiger partial charge in [0, 0.05) is 19.0 Å². The fraction of sp³-hybridized carbons (Fsp3) is 0.900. The molecule has 0 aromatic heterocycles. The van der Waals surface area contributed by atoms with Gasteiger partial charge in [-0.25, -0.2) is 8.42 Å². The Labute approximate surface area is 95.5 Å². The van der Waals surface area contributed by atoms with Crippen LogP contribution in [-0.2, 0) is 19.4 Å². The Balaban J connectivity index is 2.23. The molecule has 2 rings (SSSR count). The van der Waals surface area contributed by atoms with E-state index < -0.39 is 15.3 Å². The summed E-state index contributed by atoms with van der Waals surface area (Å²) in [6.45, 7) is 3.26.